The number of carbonyl (C=O) groups excluding carboxylic acids is 2. The standard InChI is InChI=1S/C34H31F2N5O3/c35-26-5-1-3-24(29(26)36)23-14-27(31-38-17-28(41(31)18-23)19-8-11-44-12-9-19)39-32(42)20-6-7-21-15-34(16-22(21)13-20)25-4-2-10-37-30(25)40-33(34)43/h1-7,10,13,17,19,23,27H,8-9,11-12,14-16,18H2,(H,39,42)(H,37,40,43)/t23-,27+,34-/m1/s1. The number of amides is 2. The minimum Gasteiger partial charge on any atom is -0.381 e. The quantitative estimate of drug-likeness (QED) is 0.342. The largest absolute Gasteiger partial charge is 0.381 e. The van der Waals surface area contributed by atoms with E-state index in [-0.39, 0.29) is 23.7 Å². The lowest BCUT2D eigenvalue weighted by Crippen LogP contribution is -2.36. The number of carbonyl (C=O) groups is 2. The Bertz CT molecular complexity index is 1820. The first-order valence-corrected chi connectivity index (χ1v) is 15.2. The topological polar surface area (TPSA) is 98.1 Å². The third kappa shape index (κ3) is 4.26. The minimum atomic E-state index is -0.880. The molecule has 0 radical (unpaired) electrons. The molecule has 2 aromatic carbocycles. The lowest BCUT2D eigenvalue weighted by Gasteiger charge is -2.34. The van der Waals surface area contributed by atoms with Crippen LogP contribution in [0.15, 0.2) is 60.9 Å². The van der Waals surface area contributed by atoms with Crippen molar-refractivity contribution in [3.8, 4) is 0 Å². The number of anilines is 1. The molecule has 0 unspecified atom stereocenters. The highest BCUT2D eigenvalue weighted by Gasteiger charge is 2.51. The zero-order chi connectivity index (χ0) is 30.0. The van der Waals surface area contributed by atoms with Gasteiger partial charge in [0.1, 0.15) is 11.6 Å². The zero-order valence-corrected chi connectivity index (χ0v) is 24.0. The van der Waals surface area contributed by atoms with E-state index in [2.05, 4.69) is 20.2 Å². The third-order valence-corrected chi connectivity index (χ3v) is 9.96. The Morgan fingerprint density at radius 1 is 1.02 bits per heavy atom. The molecule has 10 heteroatoms. The first-order chi connectivity index (χ1) is 21.4. The number of imidazole rings is 1. The van der Waals surface area contributed by atoms with E-state index >= 15 is 4.39 Å². The molecule has 224 valence electrons. The van der Waals surface area contributed by atoms with Crippen molar-refractivity contribution in [1.82, 2.24) is 19.9 Å². The van der Waals surface area contributed by atoms with Crippen LogP contribution in [-0.2, 0) is 34.3 Å². The third-order valence-electron chi connectivity index (χ3n) is 9.96. The van der Waals surface area contributed by atoms with Crippen molar-refractivity contribution in [2.75, 3.05) is 18.5 Å². The summed E-state index contributed by atoms with van der Waals surface area (Å²) in [5.74, 6) is -0.869. The monoisotopic (exact) mass is 595 g/mol. The molecule has 1 saturated heterocycles. The van der Waals surface area contributed by atoms with E-state index < -0.39 is 23.1 Å². The molecule has 2 aromatic heterocycles. The van der Waals surface area contributed by atoms with Gasteiger partial charge in [-0.15, -0.1) is 0 Å². The molecular formula is C34H31F2N5O3. The lowest BCUT2D eigenvalue weighted by atomic mass is 9.79. The highest BCUT2D eigenvalue weighted by Crippen LogP contribution is 2.47. The number of nitrogens with one attached hydrogen (secondary N) is 2. The molecule has 1 aliphatic carbocycles. The Labute approximate surface area is 252 Å². The van der Waals surface area contributed by atoms with Gasteiger partial charge in [0, 0.05) is 60.8 Å². The molecule has 0 saturated carbocycles. The Morgan fingerprint density at radius 3 is 2.73 bits per heavy atom. The van der Waals surface area contributed by atoms with Crippen LogP contribution >= 0.6 is 0 Å². The number of pyridine rings is 1. The molecule has 0 bridgehead atoms. The summed E-state index contributed by atoms with van der Waals surface area (Å²) < 4.78 is 37.0. The number of hydrogen-bond acceptors (Lipinski definition) is 5. The van der Waals surface area contributed by atoms with Crippen LogP contribution in [0, 0.1) is 11.6 Å². The fourth-order valence-corrected chi connectivity index (χ4v) is 7.72. The summed E-state index contributed by atoms with van der Waals surface area (Å²) in [6.07, 6.45) is 6.66. The van der Waals surface area contributed by atoms with Crippen LogP contribution in [0.25, 0.3) is 0 Å². The normalized spacial score (nSPS) is 24.1. The highest BCUT2D eigenvalue weighted by molar-refractivity contribution is 6.06. The maximum absolute atomic E-state index is 15.0. The Morgan fingerprint density at radius 2 is 1.86 bits per heavy atom. The van der Waals surface area contributed by atoms with Crippen molar-refractivity contribution in [2.24, 2.45) is 0 Å². The lowest BCUT2D eigenvalue weighted by molar-refractivity contribution is -0.120. The van der Waals surface area contributed by atoms with E-state index in [4.69, 9.17) is 9.72 Å². The number of benzene rings is 2. The summed E-state index contributed by atoms with van der Waals surface area (Å²) in [6, 6.07) is 13.1. The number of rotatable bonds is 4. The van der Waals surface area contributed by atoms with Crippen molar-refractivity contribution in [3.63, 3.8) is 0 Å². The Kier molecular flexibility index (Phi) is 6.37. The number of fused-ring (bicyclic) bond motifs is 4. The maximum atomic E-state index is 15.0. The van der Waals surface area contributed by atoms with Gasteiger partial charge in [-0.25, -0.2) is 18.7 Å². The van der Waals surface area contributed by atoms with Crippen LogP contribution in [0.1, 0.15) is 81.3 Å². The average molecular weight is 596 g/mol. The molecule has 4 aromatic rings. The Balaban J connectivity index is 1.09. The molecule has 3 atom stereocenters. The van der Waals surface area contributed by atoms with E-state index in [0.717, 1.165) is 47.1 Å². The van der Waals surface area contributed by atoms with Gasteiger partial charge in [-0.2, -0.15) is 0 Å². The predicted molar refractivity (Wildman–Crippen MR) is 157 cm³/mol. The highest BCUT2D eigenvalue weighted by atomic mass is 19.2. The van der Waals surface area contributed by atoms with Crippen LogP contribution < -0.4 is 10.6 Å². The van der Waals surface area contributed by atoms with Crippen LogP contribution in [0.3, 0.4) is 0 Å². The van der Waals surface area contributed by atoms with Crippen molar-refractivity contribution in [3.05, 3.63) is 112 Å². The average Bonchev–Trinajstić information content (AvgIpc) is 3.72. The molecule has 8 rings (SSSR count). The summed E-state index contributed by atoms with van der Waals surface area (Å²) in [5.41, 5.74) is 3.97. The number of nitrogens with zero attached hydrogens (tertiary/aromatic N) is 3. The van der Waals surface area contributed by atoms with Crippen LogP contribution in [0.4, 0.5) is 14.6 Å². The zero-order valence-electron chi connectivity index (χ0n) is 24.0. The molecule has 3 aliphatic heterocycles. The maximum Gasteiger partial charge on any atom is 0.251 e. The predicted octanol–water partition coefficient (Wildman–Crippen LogP) is 5.10. The van der Waals surface area contributed by atoms with Gasteiger partial charge in [0.25, 0.3) is 5.91 Å². The van der Waals surface area contributed by atoms with E-state index in [1.54, 1.807) is 18.3 Å². The molecule has 44 heavy (non-hydrogen) atoms. The van der Waals surface area contributed by atoms with Gasteiger partial charge in [-0.05, 0) is 73.1 Å². The van der Waals surface area contributed by atoms with Crippen LogP contribution in [-0.4, -0.2) is 39.6 Å². The van der Waals surface area contributed by atoms with E-state index in [1.807, 2.05) is 30.5 Å². The van der Waals surface area contributed by atoms with Gasteiger partial charge >= 0.3 is 0 Å². The summed E-state index contributed by atoms with van der Waals surface area (Å²) >= 11 is 0. The number of ether oxygens (including phenoxy) is 1. The van der Waals surface area contributed by atoms with E-state index in [1.165, 1.54) is 6.07 Å². The molecule has 1 spiro atoms. The summed E-state index contributed by atoms with van der Waals surface area (Å²) in [5, 5.41) is 6.09. The number of aromatic nitrogens is 3. The second kappa shape index (κ2) is 10.3. The van der Waals surface area contributed by atoms with Gasteiger partial charge in [0.2, 0.25) is 5.91 Å². The molecule has 2 N–H and O–H groups in total. The fraction of sp³-hybridized carbons (Fsp3) is 0.353. The fourth-order valence-electron chi connectivity index (χ4n) is 7.72. The van der Waals surface area contributed by atoms with Crippen molar-refractivity contribution in [2.45, 2.75) is 61.9 Å². The second-order valence-electron chi connectivity index (χ2n) is 12.4. The molecule has 8 nitrogen and oxygen atoms in total. The number of hydrogen-bond donors (Lipinski definition) is 2. The van der Waals surface area contributed by atoms with Gasteiger partial charge < -0.3 is 19.9 Å². The van der Waals surface area contributed by atoms with Crippen molar-refractivity contribution in [1.29, 1.82) is 0 Å². The summed E-state index contributed by atoms with van der Waals surface area (Å²) in [7, 11) is 0. The van der Waals surface area contributed by atoms with Crippen LogP contribution in [0.5, 0.6) is 0 Å². The molecule has 2 amide bonds. The molecule has 1 fully saturated rings. The summed E-state index contributed by atoms with van der Waals surface area (Å²) in [6.45, 7) is 1.78. The molecule has 4 aliphatic rings. The SMILES string of the molecule is O=C(N[C@H]1C[C@@H](c2cccc(F)c2F)Cn2c(C3CCOCC3)cnc21)c1ccc2c(c1)C[C@@]1(C2)C(=O)Nc2ncccc21. The summed E-state index contributed by atoms with van der Waals surface area (Å²) in [4.78, 5) is 36.0. The minimum absolute atomic E-state index is 0.0709. The van der Waals surface area contributed by atoms with Crippen molar-refractivity contribution >= 4 is 17.6 Å². The smallest absolute Gasteiger partial charge is 0.251 e. The van der Waals surface area contributed by atoms with Gasteiger partial charge in [-0.1, -0.05) is 24.3 Å². The first-order valence-electron chi connectivity index (χ1n) is 15.2. The van der Waals surface area contributed by atoms with E-state index in [9.17, 15) is 14.0 Å². The van der Waals surface area contributed by atoms with Crippen molar-refractivity contribution < 1.29 is 23.1 Å². The molecule has 5 heterocycles. The first kappa shape index (κ1) is 27.1. The van der Waals surface area contributed by atoms with Gasteiger partial charge in [-0.3, -0.25) is 9.59 Å². The van der Waals surface area contributed by atoms with Crippen LogP contribution in [0.2, 0.25) is 0 Å². The van der Waals surface area contributed by atoms with Gasteiger partial charge in [0.15, 0.2) is 11.6 Å². The Hall–Kier alpha value is -4.44. The van der Waals surface area contributed by atoms with Gasteiger partial charge in [0.05, 0.1) is 11.5 Å². The molecular weight excluding hydrogens is 564 g/mol. The second-order valence-corrected chi connectivity index (χ2v) is 12.4. The number of halogens is 2. The van der Waals surface area contributed by atoms with E-state index in [0.29, 0.717) is 56.0 Å².